The van der Waals surface area contributed by atoms with E-state index in [1.165, 1.54) is 6.08 Å². The van der Waals surface area contributed by atoms with Crippen molar-refractivity contribution >= 4 is 23.9 Å². The van der Waals surface area contributed by atoms with Gasteiger partial charge in [-0.15, -0.1) is 0 Å². The van der Waals surface area contributed by atoms with Crippen molar-refractivity contribution in [2.75, 3.05) is 65.6 Å². The summed E-state index contributed by atoms with van der Waals surface area (Å²) in [6, 6.07) is 0. The van der Waals surface area contributed by atoms with Crippen LogP contribution in [-0.2, 0) is 25.6 Å². The average Bonchev–Trinajstić information content (AvgIpc) is 3.06. The molecule has 0 radical (unpaired) electrons. The Morgan fingerprint density at radius 2 is 1.58 bits per heavy atom. The van der Waals surface area contributed by atoms with Crippen molar-refractivity contribution in [2.45, 2.75) is 34.2 Å². The van der Waals surface area contributed by atoms with Gasteiger partial charge in [-0.3, -0.25) is 14.5 Å². The molecule has 0 spiro atoms. The average molecular weight is 461 g/mol. The first-order chi connectivity index (χ1) is 15.9. The highest BCUT2D eigenvalue weighted by atomic mass is 16.5. The fraction of sp³-hybridized carbons (Fsp3) is 0.625. The highest BCUT2D eigenvalue weighted by molar-refractivity contribution is 5.99. The van der Waals surface area contributed by atoms with Crippen LogP contribution >= 0.6 is 0 Å². The van der Waals surface area contributed by atoms with Crippen LogP contribution in [0.5, 0.6) is 0 Å². The van der Waals surface area contributed by atoms with Crippen LogP contribution in [0.2, 0.25) is 0 Å². The maximum absolute atomic E-state index is 12.8. The van der Waals surface area contributed by atoms with E-state index in [1.807, 2.05) is 25.7 Å². The predicted molar refractivity (Wildman–Crippen MR) is 125 cm³/mol. The molecule has 1 aromatic rings. The van der Waals surface area contributed by atoms with E-state index in [4.69, 9.17) is 9.47 Å². The van der Waals surface area contributed by atoms with Crippen molar-refractivity contribution in [1.29, 1.82) is 0 Å². The number of morpholine rings is 1. The van der Waals surface area contributed by atoms with Crippen LogP contribution in [0.1, 0.15) is 41.2 Å². The Hall–Kier alpha value is -2.65. The van der Waals surface area contributed by atoms with Crippen molar-refractivity contribution in [3.8, 4) is 0 Å². The van der Waals surface area contributed by atoms with E-state index in [1.54, 1.807) is 17.9 Å². The number of esters is 1. The van der Waals surface area contributed by atoms with Crippen molar-refractivity contribution in [2.24, 2.45) is 0 Å². The molecule has 2 fully saturated rings. The molecule has 0 aliphatic carbocycles. The van der Waals surface area contributed by atoms with Crippen LogP contribution < -0.4 is 0 Å². The van der Waals surface area contributed by atoms with Gasteiger partial charge >= 0.3 is 5.97 Å². The number of ether oxygens (including phenoxy) is 2. The number of carbonyl (C=O) groups is 3. The van der Waals surface area contributed by atoms with E-state index in [0.29, 0.717) is 58.1 Å². The normalized spacial score (nSPS) is 17.6. The molecule has 2 aliphatic heterocycles. The lowest BCUT2D eigenvalue weighted by molar-refractivity contribution is -0.138. The summed E-state index contributed by atoms with van der Waals surface area (Å²) in [6.07, 6.45) is 3.24. The molecule has 9 heteroatoms. The third-order valence-corrected chi connectivity index (χ3v) is 6.43. The summed E-state index contributed by atoms with van der Waals surface area (Å²) in [5.41, 5.74) is 3.01. The third-order valence-electron chi connectivity index (χ3n) is 6.43. The molecule has 33 heavy (non-hydrogen) atoms. The fourth-order valence-corrected chi connectivity index (χ4v) is 4.53. The Labute approximate surface area is 195 Å². The van der Waals surface area contributed by atoms with Crippen LogP contribution in [0.25, 0.3) is 6.08 Å². The molecule has 2 aliphatic rings. The lowest BCUT2D eigenvalue weighted by Gasteiger charge is -2.36. The number of nitrogens with zero attached hydrogens (tertiary/aromatic N) is 4. The van der Waals surface area contributed by atoms with Crippen molar-refractivity contribution in [1.82, 2.24) is 19.3 Å². The van der Waals surface area contributed by atoms with Gasteiger partial charge in [-0.1, -0.05) is 0 Å². The zero-order valence-corrected chi connectivity index (χ0v) is 20.3. The van der Waals surface area contributed by atoms with Gasteiger partial charge in [-0.2, -0.15) is 0 Å². The molecule has 0 bridgehead atoms. The molecule has 0 unspecified atom stereocenters. The van der Waals surface area contributed by atoms with E-state index < -0.39 is 0 Å². The predicted octanol–water partition coefficient (Wildman–Crippen LogP) is 1.32. The summed E-state index contributed by atoms with van der Waals surface area (Å²) < 4.78 is 12.6. The number of carbonyl (C=O) groups excluding carboxylic acids is 3. The first kappa shape index (κ1) is 25.0. The summed E-state index contributed by atoms with van der Waals surface area (Å²) in [5.74, 6) is -0.387. The van der Waals surface area contributed by atoms with E-state index >= 15 is 0 Å². The first-order valence-electron chi connectivity index (χ1n) is 11.8. The van der Waals surface area contributed by atoms with Gasteiger partial charge in [0.1, 0.15) is 0 Å². The minimum absolute atomic E-state index is 0.102. The van der Waals surface area contributed by atoms with Crippen LogP contribution in [-0.4, -0.2) is 103 Å². The minimum atomic E-state index is -0.371. The molecule has 9 nitrogen and oxygen atoms in total. The molecule has 2 amide bonds. The Morgan fingerprint density at radius 1 is 0.939 bits per heavy atom. The molecule has 0 saturated carbocycles. The molecule has 0 atom stereocenters. The van der Waals surface area contributed by atoms with Crippen molar-refractivity contribution in [3.05, 3.63) is 28.6 Å². The first-order valence-corrected chi connectivity index (χ1v) is 11.8. The quantitative estimate of drug-likeness (QED) is 0.451. The molecular weight excluding hydrogens is 424 g/mol. The van der Waals surface area contributed by atoms with Gasteiger partial charge in [0, 0.05) is 68.8 Å². The highest BCUT2D eigenvalue weighted by Gasteiger charge is 2.26. The van der Waals surface area contributed by atoms with Gasteiger partial charge < -0.3 is 23.8 Å². The number of piperazine rings is 1. The van der Waals surface area contributed by atoms with E-state index in [0.717, 1.165) is 36.6 Å². The maximum Gasteiger partial charge on any atom is 0.340 e. The Morgan fingerprint density at radius 3 is 2.18 bits per heavy atom. The monoisotopic (exact) mass is 460 g/mol. The second-order valence-corrected chi connectivity index (χ2v) is 8.35. The summed E-state index contributed by atoms with van der Waals surface area (Å²) in [6.45, 7) is 14.0. The summed E-state index contributed by atoms with van der Waals surface area (Å²) >= 11 is 0. The van der Waals surface area contributed by atoms with Gasteiger partial charge in [0.15, 0.2) is 0 Å². The highest BCUT2D eigenvalue weighted by Crippen LogP contribution is 2.25. The summed E-state index contributed by atoms with van der Waals surface area (Å²) in [7, 11) is 0. The second kappa shape index (κ2) is 11.5. The number of aromatic nitrogens is 1. The van der Waals surface area contributed by atoms with Gasteiger partial charge in [0.05, 0.1) is 31.9 Å². The lowest BCUT2D eigenvalue weighted by Crippen LogP contribution is -2.53. The maximum atomic E-state index is 12.8. The molecule has 0 aromatic carbocycles. The van der Waals surface area contributed by atoms with Gasteiger partial charge in [0.25, 0.3) is 0 Å². The number of amides is 2. The topological polar surface area (TPSA) is 84.3 Å². The second-order valence-electron chi connectivity index (χ2n) is 8.35. The fourth-order valence-electron chi connectivity index (χ4n) is 4.53. The molecule has 0 N–H and O–H groups in total. The summed E-state index contributed by atoms with van der Waals surface area (Å²) in [5, 5.41) is 0. The minimum Gasteiger partial charge on any atom is -0.462 e. The molecule has 3 heterocycles. The van der Waals surface area contributed by atoms with E-state index in [-0.39, 0.29) is 17.8 Å². The Kier molecular flexibility index (Phi) is 8.68. The van der Waals surface area contributed by atoms with Crippen LogP contribution in [0.3, 0.4) is 0 Å². The molecule has 2 saturated heterocycles. The largest absolute Gasteiger partial charge is 0.462 e. The van der Waals surface area contributed by atoms with Crippen LogP contribution in [0.15, 0.2) is 6.08 Å². The van der Waals surface area contributed by atoms with Gasteiger partial charge in [-0.25, -0.2) is 4.79 Å². The SMILES string of the molecule is CCOC(=O)c1c(/C=C/C(=O)N2CCN(C(=O)CN3CCOCC3)CC2)c(C)n(CC)c1C. The van der Waals surface area contributed by atoms with Crippen LogP contribution in [0, 0.1) is 13.8 Å². The standard InChI is InChI=1S/C24H36N4O5/c1-5-28-18(3)20(23(19(28)4)24(31)33-6-2)7-8-21(29)26-9-11-27(12-10-26)22(30)17-25-13-15-32-16-14-25/h7-8H,5-6,9-17H2,1-4H3/b8-7+. The van der Waals surface area contributed by atoms with E-state index in [9.17, 15) is 14.4 Å². The van der Waals surface area contributed by atoms with Gasteiger partial charge in [-0.05, 0) is 33.8 Å². The van der Waals surface area contributed by atoms with Crippen LogP contribution in [0.4, 0.5) is 0 Å². The number of hydrogen-bond acceptors (Lipinski definition) is 6. The zero-order valence-electron chi connectivity index (χ0n) is 20.3. The molecule has 1 aromatic heterocycles. The smallest absolute Gasteiger partial charge is 0.340 e. The zero-order chi connectivity index (χ0) is 24.0. The third kappa shape index (κ3) is 5.83. The molecular formula is C24H36N4O5. The number of hydrogen-bond donors (Lipinski definition) is 0. The number of rotatable bonds is 7. The Bertz CT molecular complexity index is 893. The van der Waals surface area contributed by atoms with Crippen molar-refractivity contribution in [3.63, 3.8) is 0 Å². The lowest BCUT2D eigenvalue weighted by atomic mass is 10.1. The molecule has 3 rings (SSSR count). The summed E-state index contributed by atoms with van der Waals surface area (Å²) in [4.78, 5) is 43.7. The van der Waals surface area contributed by atoms with E-state index in [2.05, 4.69) is 9.47 Å². The van der Waals surface area contributed by atoms with Crippen molar-refractivity contribution < 1.29 is 23.9 Å². The molecule has 182 valence electrons. The Balaban J connectivity index is 1.61. The van der Waals surface area contributed by atoms with Gasteiger partial charge in [0.2, 0.25) is 11.8 Å².